The Hall–Kier alpha value is -4.27. The summed E-state index contributed by atoms with van der Waals surface area (Å²) in [5.41, 5.74) is 6.58. The fraction of sp³-hybridized carbons (Fsp3) is 0.0952. The van der Waals surface area contributed by atoms with Crippen LogP contribution in [-0.2, 0) is 13.0 Å². The number of primary amides is 1. The molecule has 9 heteroatoms. The lowest BCUT2D eigenvalue weighted by Gasteiger charge is -2.12. The zero-order chi connectivity index (χ0) is 21.7. The van der Waals surface area contributed by atoms with Crippen LogP contribution in [0.2, 0.25) is 0 Å². The van der Waals surface area contributed by atoms with Crippen molar-refractivity contribution in [1.29, 1.82) is 0 Å². The van der Waals surface area contributed by atoms with Crippen LogP contribution in [-0.4, -0.2) is 15.8 Å². The Morgan fingerprint density at radius 1 is 0.900 bits per heavy atom. The van der Waals surface area contributed by atoms with Crippen molar-refractivity contribution in [1.82, 2.24) is 0 Å². The first-order valence-electron chi connectivity index (χ1n) is 8.86. The van der Waals surface area contributed by atoms with E-state index >= 15 is 0 Å². The van der Waals surface area contributed by atoms with E-state index in [1.165, 1.54) is 30.3 Å². The smallest absolute Gasteiger partial charge is 0.276 e. The highest BCUT2D eigenvalue weighted by atomic mass is 16.6. The van der Waals surface area contributed by atoms with E-state index in [1.807, 2.05) is 30.3 Å². The summed E-state index contributed by atoms with van der Waals surface area (Å²) in [6.45, 7) is -0.158. The molecule has 0 bridgehead atoms. The van der Waals surface area contributed by atoms with Gasteiger partial charge in [-0.05, 0) is 23.8 Å². The van der Waals surface area contributed by atoms with Gasteiger partial charge in [0.05, 0.1) is 15.4 Å². The zero-order valence-corrected chi connectivity index (χ0v) is 15.7. The number of rotatable bonds is 8. The number of nitro benzene ring substituents is 2. The second-order valence-corrected chi connectivity index (χ2v) is 6.47. The molecule has 0 atom stereocenters. The number of hydrogen-bond donors (Lipinski definition) is 1. The lowest BCUT2D eigenvalue weighted by atomic mass is 10.0. The van der Waals surface area contributed by atoms with Crippen LogP contribution in [0.5, 0.6) is 5.75 Å². The molecule has 0 heterocycles. The van der Waals surface area contributed by atoms with Gasteiger partial charge in [0, 0.05) is 35.7 Å². The van der Waals surface area contributed by atoms with Crippen molar-refractivity contribution in [3.8, 4) is 5.75 Å². The van der Waals surface area contributed by atoms with Gasteiger partial charge in [0.1, 0.15) is 12.4 Å². The Balaban J connectivity index is 1.90. The van der Waals surface area contributed by atoms with Crippen LogP contribution in [0.15, 0.2) is 66.7 Å². The van der Waals surface area contributed by atoms with E-state index < -0.39 is 15.8 Å². The maximum Gasteiger partial charge on any atom is 0.276 e. The standard InChI is InChI=1S/C21H17N3O6/c22-21(25)15-6-7-16(19(12-15)24(28)29)13-30-20-9-8-18(23(26)27)11-17(20)10-14-4-2-1-3-5-14/h1-9,11-12H,10,13H2,(H2,22,25). The van der Waals surface area contributed by atoms with Crippen molar-refractivity contribution in [2.75, 3.05) is 0 Å². The highest BCUT2D eigenvalue weighted by molar-refractivity contribution is 5.93. The summed E-state index contributed by atoms with van der Waals surface area (Å²) in [6.07, 6.45) is 0.389. The minimum atomic E-state index is -0.772. The lowest BCUT2D eigenvalue weighted by molar-refractivity contribution is -0.385. The number of non-ortho nitro benzene ring substituents is 1. The summed E-state index contributed by atoms with van der Waals surface area (Å²) in [6, 6.07) is 17.4. The molecule has 1 amide bonds. The number of hydrogen-bond acceptors (Lipinski definition) is 6. The number of nitro groups is 2. The summed E-state index contributed by atoms with van der Waals surface area (Å²) < 4.78 is 5.78. The third kappa shape index (κ3) is 4.76. The molecule has 2 N–H and O–H groups in total. The zero-order valence-electron chi connectivity index (χ0n) is 15.7. The van der Waals surface area contributed by atoms with Gasteiger partial charge < -0.3 is 10.5 Å². The number of nitrogens with zero attached hydrogens (tertiary/aromatic N) is 2. The van der Waals surface area contributed by atoms with Gasteiger partial charge in [0.25, 0.3) is 11.4 Å². The molecular weight excluding hydrogens is 390 g/mol. The summed E-state index contributed by atoms with van der Waals surface area (Å²) in [5.74, 6) is -0.399. The molecule has 0 aliphatic heterocycles. The van der Waals surface area contributed by atoms with E-state index in [0.29, 0.717) is 17.7 Å². The van der Waals surface area contributed by atoms with Crippen molar-refractivity contribution in [2.45, 2.75) is 13.0 Å². The molecule has 0 fully saturated rings. The molecule has 152 valence electrons. The summed E-state index contributed by atoms with van der Waals surface area (Å²) >= 11 is 0. The molecule has 3 aromatic carbocycles. The molecule has 3 aromatic rings. The van der Waals surface area contributed by atoms with Crippen molar-refractivity contribution < 1.29 is 19.4 Å². The maximum absolute atomic E-state index is 11.4. The third-order valence-electron chi connectivity index (χ3n) is 4.44. The van der Waals surface area contributed by atoms with Gasteiger partial charge in [-0.3, -0.25) is 25.0 Å². The van der Waals surface area contributed by atoms with Gasteiger partial charge in [-0.15, -0.1) is 0 Å². The molecule has 0 aliphatic rings. The van der Waals surface area contributed by atoms with Gasteiger partial charge in [-0.2, -0.15) is 0 Å². The van der Waals surface area contributed by atoms with Gasteiger partial charge in [0.15, 0.2) is 0 Å². The Morgan fingerprint density at radius 2 is 1.63 bits per heavy atom. The quantitative estimate of drug-likeness (QED) is 0.445. The van der Waals surface area contributed by atoms with Crippen molar-refractivity contribution in [3.05, 3.63) is 109 Å². The van der Waals surface area contributed by atoms with Gasteiger partial charge in [-0.1, -0.05) is 30.3 Å². The Bertz CT molecular complexity index is 1110. The van der Waals surface area contributed by atoms with E-state index in [0.717, 1.165) is 11.6 Å². The number of benzene rings is 3. The fourth-order valence-corrected chi connectivity index (χ4v) is 2.94. The number of amides is 1. The van der Waals surface area contributed by atoms with Crippen molar-refractivity contribution >= 4 is 17.3 Å². The third-order valence-corrected chi connectivity index (χ3v) is 4.44. The normalized spacial score (nSPS) is 10.4. The number of carbonyl (C=O) groups is 1. The van der Waals surface area contributed by atoms with Crippen molar-refractivity contribution in [3.63, 3.8) is 0 Å². The molecule has 0 saturated carbocycles. The lowest BCUT2D eigenvalue weighted by Crippen LogP contribution is -2.12. The highest BCUT2D eigenvalue weighted by Crippen LogP contribution is 2.29. The summed E-state index contributed by atoms with van der Waals surface area (Å²) in [4.78, 5) is 32.7. The molecule has 3 rings (SSSR count). The predicted molar refractivity (Wildman–Crippen MR) is 108 cm³/mol. The molecule has 0 spiro atoms. The predicted octanol–water partition coefficient (Wildman–Crippen LogP) is 3.77. The van der Waals surface area contributed by atoms with Crippen LogP contribution < -0.4 is 10.5 Å². The summed E-state index contributed by atoms with van der Waals surface area (Å²) in [5, 5.41) is 22.5. The topological polar surface area (TPSA) is 139 Å². The first-order chi connectivity index (χ1) is 14.3. The van der Waals surface area contributed by atoms with Gasteiger partial charge >= 0.3 is 0 Å². The molecule has 0 aromatic heterocycles. The average molecular weight is 407 g/mol. The van der Waals surface area contributed by atoms with Crippen LogP contribution >= 0.6 is 0 Å². The SMILES string of the molecule is NC(=O)c1ccc(COc2ccc([N+](=O)[O-])cc2Cc2ccccc2)c([N+](=O)[O-])c1. The molecule has 9 nitrogen and oxygen atoms in total. The molecule has 0 aliphatic carbocycles. The Labute approximate surface area is 171 Å². The van der Waals surface area contributed by atoms with Crippen LogP contribution in [0.25, 0.3) is 0 Å². The fourth-order valence-electron chi connectivity index (χ4n) is 2.94. The largest absolute Gasteiger partial charge is 0.488 e. The molecule has 0 radical (unpaired) electrons. The highest BCUT2D eigenvalue weighted by Gasteiger charge is 2.18. The molecule has 30 heavy (non-hydrogen) atoms. The first kappa shape index (κ1) is 20.5. The number of nitrogens with two attached hydrogens (primary N) is 1. The van der Waals surface area contributed by atoms with Crippen LogP contribution in [0.4, 0.5) is 11.4 Å². The minimum Gasteiger partial charge on any atom is -0.488 e. The first-order valence-corrected chi connectivity index (χ1v) is 8.86. The van der Waals surface area contributed by atoms with Gasteiger partial charge in [0.2, 0.25) is 5.91 Å². The number of carbonyl (C=O) groups excluding carboxylic acids is 1. The van der Waals surface area contributed by atoms with E-state index in [9.17, 15) is 25.0 Å². The van der Waals surface area contributed by atoms with E-state index in [4.69, 9.17) is 10.5 Å². The molecule has 0 saturated heterocycles. The Morgan fingerprint density at radius 3 is 2.27 bits per heavy atom. The van der Waals surface area contributed by atoms with Crippen molar-refractivity contribution in [2.24, 2.45) is 5.73 Å². The number of ether oxygens (including phenoxy) is 1. The van der Waals surface area contributed by atoms with Crippen LogP contribution in [0, 0.1) is 20.2 Å². The maximum atomic E-state index is 11.4. The van der Waals surface area contributed by atoms with Crippen LogP contribution in [0.1, 0.15) is 27.0 Å². The second kappa shape index (κ2) is 8.82. The Kier molecular flexibility index (Phi) is 6.02. The van der Waals surface area contributed by atoms with E-state index in [1.54, 1.807) is 0 Å². The molecule has 0 unspecified atom stereocenters. The van der Waals surface area contributed by atoms with E-state index in [2.05, 4.69) is 0 Å². The second-order valence-electron chi connectivity index (χ2n) is 6.47. The monoisotopic (exact) mass is 407 g/mol. The van der Waals surface area contributed by atoms with Gasteiger partial charge in [-0.25, -0.2) is 0 Å². The average Bonchev–Trinajstić information content (AvgIpc) is 2.73. The van der Waals surface area contributed by atoms with E-state index in [-0.39, 0.29) is 29.1 Å². The van der Waals surface area contributed by atoms with Crippen LogP contribution in [0.3, 0.4) is 0 Å². The minimum absolute atomic E-state index is 0.0190. The molecular formula is C21H17N3O6. The summed E-state index contributed by atoms with van der Waals surface area (Å²) in [7, 11) is 0.